The molecular weight excluding hydrogens is 272 g/mol. The van der Waals surface area contributed by atoms with Crippen molar-refractivity contribution in [2.24, 2.45) is 0 Å². The van der Waals surface area contributed by atoms with Gasteiger partial charge in [-0.15, -0.1) is 0 Å². The van der Waals surface area contributed by atoms with E-state index < -0.39 is 11.6 Å². The first-order chi connectivity index (χ1) is 10.1. The van der Waals surface area contributed by atoms with Crippen molar-refractivity contribution in [3.63, 3.8) is 0 Å². The van der Waals surface area contributed by atoms with E-state index >= 15 is 0 Å². The molecule has 1 N–H and O–H groups in total. The smallest absolute Gasteiger partial charge is 0.166 e. The van der Waals surface area contributed by atoms with Gasteiger partial charge in [0.25, 0.3) is 0 Å². The molecule has 2 nitrogen and oxygen atoms in total. The van der Waals surface area contributed by atoms with E-state index in [9.17, 15) is 8.78 Å². The van der Waals surface area contributed by atoms with E-state index in [1.165, 1.54) is 0 Å². The number of aryl methyl sites for hydroxylation is 1. The van der Waals surface area contributed by atoms with E-state index in [0.29, 0.717) is 23.4 Å². The molecule has 0 bridgehead atoms. The van der Waals surface area contributed by atoms with Gasteiger partial charge in [-0.2, -0.15) is 0 Å². The predicted octanol–water partition coefficient (Wildman–Crippen LogP) is 4.06. The highest BCUT2D eigenvalue weighted by atomic mass is 19.2. The molecule has 0 radical (unpaired) electrons. The number of benzene rings is 2. The first kappa shape index (κ1) is 15.4. The lowest BCUT2D eigenvalue weighted by Gasteiger charge is -2.14. The molecule has 0 saturated heterocycles. The van der Waals surface area contributed by atoms with Crippen LogP contribution in [0.1, 0.15) is 18.1 Å². The van der Waals surface area contributed by atoms with Crippen LogP contribution in [0.3, 0.4) is 0 Å². The summed E-state index contributed by atoms with van der Waals surface area (Å²) in [6, 6.07) is 8.57. The third kappa shape index (κ3) is 3.22. The van der Waals surface area contributed by atoms with E-state index in [-0.39, 0.29) is 5.56 Å². The van der Waals surface area contributed by atoms with Crippen LogP contribution < -0.4 is 10.1 Å². The zero-order valence-corrected chi connectivity index (χ0v) is 12.5. The number of hydrogen-bond donors (Lipinski definition) is 1. The molecule has 2 aromatic carbocycles. The zero-order chi connectivity index (χ0) is 15.4. The monoisotopic (exact) mass is 291 g/mol. The fourth-order valence-electron chi connectivity index (χ4n) is 2.22. The molecule has 4 heteroatoms. The van der Waals surface area contributed by atoms with Crippen LogP contribution in [0.5, 0.6) is 5.75 Å². The SMILES string of the molecule is CCNCc1cc(OC)ccc1-c1ccc(C)c(F)c1F. The van der Waals surface area contributed by atoms with Crippen molar-refractivity contribution in [2.45, 2.75) is 20.4 Å². The van der Waals surface area contributed by atoms with Gasteiger partial charge in [-0.25, -0.2) is 8.78 Å². The minimum absolute atomic E-state index is 0.272. The summed E-state index contributed by atoms with van der Waals surface area (Å²) in [5.74, 6) is -0.907. The van der Waals surface area contributed by atoms with Crippen molar-refractivity contribution >= 4 is 0 Å². The van der Waals surface area contributed by atoms with Crippen LogP contribution in [0.2, 0.25) is 0 Å². The molecule has 0 unspecified atom stereocenters. The molecule has 0 heterocycles. The second-order valence-electron chi connectivity index (χ2n) is 4.86. The molecule has 0 aliphatic carbocycles. The van der Waals surface area contributed by atoms with Gasteiger partial charge in [-0.05, 0) is 42.3 Å². The summed E-state index contributed by atoms with van der Waals surface area (Å²) in [6.45, 7) is 4.90. The second-order valence-corrected chi connectivity index (χ2v) is 4.86. The summed E-state index contributed by atoms with van der Waals surface area (Å²) < 4.78 is 33.2. The van der Waals surface area contributed by atoms with E-state index in [4.69, 9.17) is 4.74 Å². The lowest BCUT2D eigenvalue weighted by atomic mass is 9.97. The van der Waals surface area contributed by atoms with Crippen molar-refractivity contribution in [1.82, 2.24) is 5.32 Å². The fourth-order valence-corrected chi connectivity index (χ4v) is 2.22. The van der Waals surface area contributed by atoms with Crippen LogP contribution in [-0.4, -0.2) is 13.7 Å². The Bertz CT molecular complexity index is 641. The Labute approximate surface area is 123 Å². The summed E-state index contributed by atoms with van der Waals surface area (Å²) in [5.41, 5.74) is 2.12. The molecule has 2 rings (SSSR count). The van der Waals surface area contributed by atoms with Crippen LogP contribution in [0, 0.1) is 18.6 Å². The minimum atomic E-state index is -0.807. The Morgan fingerprint density at radius 1 is 1.05 bits per heavy atom. The number of ether oxygens (including phenoxy) is 1. The average Bonchev–Trinajstić information content (AvgIpc) is 2.51. The summed E-state index contributed by atoms with van der Waals surface area (Å²) in [5, 5.41) is 3.20. The first-order valence-corrected chi connectivity index (χ1v) is 6.91. The quantitative estimate of drug-likeness (QED) is 0.897. The number of rotatable bonds is 5. The maximum absolute atomic E-state index is 14.2. The van der Waals surface area contributed by atoms with Gasteiger partial charge in [-0.1, -0.05) is 25.1 Å². The van der Waals surface area contributed by atoms with Gasteiger partial charge in [-0.3, -0.25) is 0 Å². The van der Waals surface area contributed by atoms with Crippen LogP contribution in [0.15, 0.2) is 30.3 Å². The molecule has 0 fully saturated rings. The first-order valence-electron chi connectivity index (χ1n) is 6.91. The van der Waals surface area contributed by atoms with Crippen molar-refractivity contribution in [3.8, 4) is 16.9 Å². The Morgan fingerprint density at radius 2 is 1.76 bits per heavy atom. The van der Waals surface area contributed by atoms with Gasteiger partial charge < -0.3 is 10.1 Å². The summed E-state index contributed by atoms with van der Waals surface area (Å²) in [7, 11) is 1.58. The minimum Gasteiger partial charge on any atom is -0.497 e. The van der Waals surface area contributed by atoms with Crippen LogP contribution in [-0.2, 0) is 6.54 Å². The average molecular weight is 291 g/mol. The molecule has 0 atom stereocenters. The normalized spacial score (nSPS) is 10.7. The van der Waals surface area contributed by atoms with Crippen molar-refractivity contribution in [3.05, 3.63) is 53.1 Å². The van der Waals surface area contributed by atoms with Gasteiger partial charge in [0.15, 0.2) is 11.6 Å². The Kier molecular flexibility index (Phi) is 4.91. The van der Waals surface area contributed by atoms with Gasteiger partial charge in [0.1, 0.15) is 5.75 Å². The Hall–Kier alpha value is -1.94. The number of methoxy groups -OCH3 is 1. The van der Waals surface area contributed by atoms with Crippen LogP contribution in [0.25, 0.3) is 11.1 Å². The lowest BCUT2D eigenvalue weighted by molar-refractivity contribution is 0.414. The van der Waals surface area contributed by atoms with Gasteiger partial charge in [0.05, 0.1) is 7.11 Å². The molecular formula is C17H19F2NO. The number of hydrogen-bond acceptors (Lipinski definition) is 2. The summed E-state index contributed by atoms with van der Waals surface area (Å²) in [6.07, 6.45) is 0. The zero-order valence-electron chi connectivity index (χ0n) is 12.5. The number of nitrogens with one attached hydrogen (secondary N) is 1. The van der Waals surface area contributed by atoms with Gasteiger partial charge >= 0.3 is 0 Å². The highest BCUT2D eigenvalue weighted by Crippen LogP contribution is 2.31. The van der Waals surface area contributed by atoms with Crippen molar-refractivity contribution < 1.29 is 13.5 Å². The third-order valence-electron chi connectivity index (χ3n) is 3.44. The van der Waals surface area contributed by atoms with Gasteiger partial charge in [0, 0.05) is 12.1 Å². The molecule has 0 spiro atoms. The molecule has 0 aliphatic heterocycles. The maximum Gasteiger partial charge on any atom is 0.166 e. The topological polar surface area (TPSA) is 21.3 Å². The molecule has 21 heavy (non-hydrogen) atoms. The Balaban J connectivity index is 2.54. The standard InChI is InChI=1S/C17H19F2NO/c1-4-20-10-12-9-13(21-3)6-8-14(12)15-7-5-11(2)16(18)17(15)19/h5-9,20H,4,10H2,1-3H3. The third-order valence-corrected chi connectivity index (χ3v) is 3.44. The molecule has 0 aliphatic rings. The fraction of sp³-hybridized carbons (Fsp3) is 0.294. The highest BCUT2D eigenvalue weighted by Gasteiger charge is 2.15. The van der Waals surface area contributed by atoms with Crippen LogP contribution in [0.4, 0.5) is 8.78 Å². The van der Waals surface area contributed by atoms with E-state index in [1.54, 1.807) is 38.3 Å². The summed E-state index contributed by atoms with van der Waals surface area (Å²) >= 11 is 0. The molecule has 112 valence electrons. The summed E-state index contributed by atoms with van der Waals surface area (Å²) in [4.78, 5) is 0. The largest absolute Gasteiger partial charge is 0.497 e. The second kappa shape index (κ2) is 6.68. The highest BCUT2D eigenvalue weighted by molar-refractivity contribution is 5.69. The van der Waals surface area contributed by atoms with E-state index in [0.717, 1.165) is 12.1 Å². The van der Waals surface area contributed by atoms with Crippen molar-refractivity contribution in [2.75, 3.05) is 13.7 Å². The van der Waals surface area contributed by atoms with Crippen molar-refractivity contribution in [1.29, 1.82) is 0 Å². The number of halogens is 2. The van der Waals surface area contributed by atoms with Gasteiger partial charge in [0.2, 0.25) is 0 Å². The molecule has 0 aromatic heterocycles. The molecule has 0 saturated carbocycles. The maximum atomic E-state index is 14.2. The predicted molar refractivity (Wildman–Crippen MR) is 80.5 cm³/mol. The van der Waals surface area contributed by atoms with E-state index in [1.807, 2.05) is 13.0 Å². The Morgan fingerprint density at radius 3 is 2.43 bits per heavy atom. The van der Waals surface area contributed by atoms with Crippen LogP contribution >= 0.6 is 0 Å². The van der Waals surface area contributed by atoms with E-state index in [2.05, 4.69) is 5.32 Å². The molecule has 0 amide bonds. The lowest BCUT2D eigenvalue weighted by Crippen LogP contribution is -2.13. The molecule has 2 aromatic rings.